The summed E-state index contributed by atoms with van der Waals surface area (Å²) in [5.41, 5.74) is -0.491. The van der Waals surface area contributed by atoms with Crippen LogP contribution in [0.2, 0.25) is 0 Å². The molecule has 2 unspecified atom stereocenters. The highest BCUT2D eigenvalue weighted by molar-refractivity contribution is 5.09. The second-order valence-corrected chi connectivity index (χ2v) is 8.50. The summed E-state index contributed by atoms with van der Waals surface area (Å²) in [7, 11) is 0. The Morgan fingerprint density at radius 3 is 2.76 bits per heavy atom. The summed E-state index contributed by atoms with van der Waals surface area (Å²) in [6.07, 6.45) is 3.57. The summed E-state index contributed by atoms with van der Waals surface area (Å²) in [4.78, 5) is 12.0. The van der Waals surface area contributed by atoms with Gasteiger partial charge in [-0.15, -0.1) is 0 Å². The minimum atomic E-state index is -0.716. The van der Waals surface area contributed by atoms with Crippen molar-refractivity contribution >= 4 is 0 Å². The van der Waals surface area contributed by atoms with Gasteiger partial charge in [0.2, 0.25) is 5.79 Å². The molecule has 1 saturated carbocycles. The average Bonchev–Trinajstić information content (AvgIpc) is 2.82. The summed E-state index contributed by atoms with van der Waals surface area (Å²) < 4.78 is 18.8. The molecular formula is C19H33NO5. The number of fused-ring (bicyclic) bond motifs is 2. The minimum Gasteiger partial charge on any atom is -0.351 e. The molecule has 5 rings (SSSR count). The Labute approximate surface area is 150 Å². The molecule has 4 heterocycles. The number of rotatable bonds is 5. The molecule has 1 spiro atoms. The lowest BCUT2D eigenvalue weighted by molar-refractivity contribution is -0.577. The molecular weight excluding hydrogens is 322 g/mol. The first-order valence-electron chi connectivity index (χ1n) is 10.0. The summed E-state index contributed by atoms with van der Waals surface area (Å²) in [5, 5.41) is 3.29. The molecule has 8 atom stereocenters. The lowest BCUT2D eigenvalue weighted by Crippen LogP contribution is -2.70. The van der Waals surface area contributed by atoms with Gasteiger partial charge < -0.3 is 19.5 Å². The highest BCUT2D eigenvalue weighted by atomic mass is 17.3. The number of likely N-dealkylation sites (N-methyl/N-ethyl adjacent to an activating group) is 1. The third kappa shape index (κ3) is 2.86. The first-order valence-corrected chi connectivity index (χ1v) is 10.0. The Hall–Kier alpha value is -0.240. The second kappa shape index (κ2) is 6.73. The lowest BCUT2D eigenvalue weighted by Gasteiger charge is -2.60. The van der Waals surface area contributed by atoms with Crippen LogP contribution >= 0.6 is 0 Å². The van der Waals surface area contributed by atoms with E-state index in [4.69, 9.17) is 24.0 Å². The van der Waals surface area contributed by atoms with E-state index in [2.05, 4.69) is 26.1 Å². The fourth-order valence-electron chi connectivity index (χ4n) is 5.49. The average molecular weight is 355 g/mol. The fourth-order valence-corrected chi connectivity index (χ4v) is 5.49. The Bertz CT molecular complexity index is 490. The van der Waals surface area contributed by atoms with E-state index in [0.29, 0.717) is 24.4 Å². The topological polar surface area (TPSA) is 58.2 Å². The molecule has 4 aliphatic heterocycles. The minimum absolute atomic E-state index is 0.250. The van der Waals surface area contributed by atoms with Crippen molar-refractivity contribution in [2.75, 3.05) is 19.7 Å². The molecule has 1 N–H and O–H groups in total. The smallest absolute Gasteiger partial charge is 0.201 e. The SMILES string of the molecule is CCNCCO[C@H]1OC2O[C@@]3(C)CC[C@H]4[C@H](C)CCC([C@H]1C)[C@@]24OO3. The van der Waals surface area contributed by atoms with E-state index in [1.807, 2.05) is 6.92 Å². The zero-order chi connectivity index (χ0) is 17.7. The van der Waals surface area contributed by atoms with Crippen LogP contribution < -0.4 is 5.32 Å². The number of hydrogen-bond acceptors (Lipinski definition) is 6. The van der Waals surface area contributed by atoms with Gasteiger partial charge in [0.25, 0.3) is 0 Å². The Morgan fingerprint density at radius 2 is 1.96 bits per heavy atom. The summed E-state index contributed by atoms with van der Waals surface area (Å²) >= 11 is 0. The Kier molecular flexibility index (Phi) is 4.88. The molecule has 5 fully saturated rings. The van der Waals surface area contributed by atoms with Crippen molar-refractivity contribution < 1.29 is 24.0 Å². The summed E-state index contributed by atoms with van der Waals surface area (Å²) in [6.45, 7) is 11.0. The van der Waals surface area contributed by atoms with Gasteiger partial charge in [0, 0.05) is 24.8 Å². The van der Waals surface area contributed by atoms with Gasteiger partial charge in [-0.3, -0.25) is 0 Å². The maximum atomic E-state index is 6.36. The molecule has 6 heteroatoms. The standard InChI is InChI=1S/C19H33NO5/c1-5-20-10-11-21-16-13(3)15-7-6-12(2)14-8-9-18(4)23-17(22-16)19(14,15)25-24-18/h12-17,20H,5-11H2,1-4H3/t12-,13-,14+,15?,16+,17?,18-,19-/m1/s1. The van der Waals surface area contributed by atoms with Gasteiger partial charge in [-0.2, -0.15) is 0 Å². The van der Waals surface area contributed by atoms with Crippen molar-refractivity contribution in [2.45, 2.75) is 77.3 Å². The van der Waals surface area contributed by atoms with E-state index in [1.54, 1.807) is 0 Å². The van der Waals surface area contributed by atoms with Crippen molar-refractivity contribution in [3.63, 3.8) is 0 Å². The van der Waals surface area contributed by atoms with Crippen molar-refractivity contribution in [2.24, 2.45) is 23.7 Å². The highest BCUT2D eigenvalue weighted by Gasteiger charge is 2.69. The van der Waals surface area contributed by atoms with Gasteiger partial charge in [-0.1, -0.05) is 20.8 Å². The molecule has 0 aromatic rings. The van der Waals surface area contributed by atoms with Crippen LogP contribution in [0.4, 0.5) is 0 Å². The van der Waals surface area contributed by atoms with Gasteiger partial charge in [0.1, 0.15) is 0 Å². The molecule has 2 bridgehead atoms. The van der Waals surface area contributed by atoms with Crippen molar-refractivity contribution in [3.8, 4) is 0 Å². The fraction of sp³-hybridized carbons (Fsp3) is 1.00. The molecule has 144 valence electrons. The predicted molar refractivity (Wildman–Crippen MR) is 91.3 cm³/mol. The molecule has 0 radical (unpaired) electrons. The molecule has 0 amide bonds. The zero-order valence-corrected chi connectivity index (χ0v) is 16.0. The molecule has 4 saturated heterocycles. The van der Waals surface area contributed by atoms with E-state index in [-0.39, 0.29) is 12.2 Å². The molecule has 0 aromatic carbocycles. The number of nitrogens with one attached hydrogen (secondary N) is 1. The van der Waals surface area contributed by atoms with Gasteiger partial charge in [-0.05, 0) is 44.6 Å². The normalized spacial score (nSPS) is 51.8. The van der Waals surface area contributed by atoms with Crippen LogP contribution in [0.3, 0.4) is 0 Å². The van der Waals surface area contributed by atoms with Crippen LogP contribution in [0.5, 0.6) is 0 Å². The predicted octanol–water partition coefficient (Wildman–Crippen LogP) is 2.82. The van der Waals surface area contributed by atoms with Crippen molar-refractivity contribution in [1.29, 1.82) is 0 Å². The van der Waals surface area contributed by atoms with Crippen LogP contribution in [0.25, 0.3) is 0 Å². The van der Waals surface area contributed by atoms with Gasteiger partial charge >= 0.3 is 0 Å². The van der Waals surface area contributed by atoms with E-state index >= 15 is 0 Å². The van der Waals surface area contributed by atoms with Gasteiger partial charge in [0.15, 0.2) is 18.2 Å². The first-order chi connectivity index (χ1) is 12.0. The van der Waals surface area contributed by atoms with Crippen LogP contribution in [0.15, 0.2) is 0 Å². The van der Waals surface area contributed by atoms with E-state index in [9.17, 15) is 0 Å². The monoisotopic (exact) mass is 355 g/mol. The van der Waals surface area contributed by atoms with Crippen molar-refractivity contribution in [3.05, 3.63) is 0 Å². The van der Waals surface area contributed by atoms with Crippen LogP contribution in [0.1, 0.15) is 53.4 Å². The molecule has 1 aliphatic carbocycles. The molecule has 25 heavy (non-hydrogen) atoms. The molecule has 5 aliphatic rings. The maximum Gasteiger partial charge on any atom is 0.201 e. The summed E-state index contributed by atoms with van der Waals surface area (Å²) in [5.74, 6) is 0.868. The third-order valence-corrected chi connectivity index (χ3v) is 6.91. The largest absolute Gasteiger partial charge is 0.351 e. The maximum absolute atomic E-state index is 6.36. The third-order valence-electron chi connectivity index (χ3n) is 6.91. The van der Waals surface area contributed by atoms with Gasteiger partial charge in [0.05, 0.1) is 6.61 Å². The van der Waals surface area contributed by atoms with Crippen LogP contribution in [-0.4, -0.2) is 43.7 Å². The number of ether oxygens (including phenoxy) is 3. The first kappa shape index (κ1) is 18.1. The van der Waals surface area contributed by atoms with E-state index < -0.39 is 17.7 Å². The Balaban J connectivity index is 1.58. The molecule has 6 nitrogen and oxygen atoms in total. The lowest BCUT2D eigenvalue weighted by atomic mass is 9.58. The molecule has 0 aromatic heterocycles. The van der Waals surface area contributed by atoms with E-state index in [1.165, 1.54) is 6.42 Å². The highest BCUT2D eigenvalue weighted by Crippen LogP contribution is 2.60. The van der Waals surface area contributed by atoms with Crippen molar-refractivity contribution in [1.82, 2.24) is 5.32 Å². The van der Waals surface area contributed by atoms with E-state index in [0.717, 1.165) is 32.4 Å². The second-order valence-electron chi connectivity index (χ2n) is 8.50. The summed E-state index contributed by atoms with van der Waals surface area (Å²) in [6, 6.07) is 0. The quantitative estimate of drug-likeness (QED) is 0.604. The number of hydrogen-bond donors (Lipinski definition) is 1. The van der Waals surface area contributed by atoms with Crippen LogP contribution in [-0.2, 0) is 24.0 Å². The zero-order valence-electron chi connectivity index (χ0n) is 16.0. The van der Waals surface area contributed by atoms with Gasteiger partial charge in [-0.25, -0.2) is 9.78 Å². The van der Waals surface area contributed by atoms with Crippen LogP contribution in [0, 0.1) is 23.7 Å². The Morgan fingerprint density at radius 1 is 1.12 bits per heavy atom.